The number of hydrogen-bond donors (Lipinski definition) is 1. The maximum absolute atomic E-state index is 12.6. The number of piperidine rings is 1. The first-order chi connectivity index (χ1) is 12.3. The highest BCUT2D eigenvalue weighted by Gasteiger charge is 2.30. The molecule has 6 heteroatoms. The van der Waals surface area contributed by atoms with Gasteiger partial charge in [-0.2, -0.15) is 13.2 Å². The summed E-state index contributed by atoms with van der Waals surface area (Å²) in [7, 11) is 0. The molecule has 1 unspecified atom stereocenters. The predicted octanol–water partition coefficient (Wildman–Crippen LogP) is 5.19. The molecule has 2 aromatic carbocycles. The van der Waals surface area contributed by atoms with Crippen molar-refractivity contribution < 1.29 is 18.0 Å². The molecule has 0 spiro atoms. The van der Waals surface area contributed by atoms with Crippen molar-refractivity contribution in [2.75, 3.05) is 23.3 Å². The van der Waals surface area contributed by atoms with Crippen LogP contribution in [0.5, 0.6) is 0 Å². The van der Waals surface area contributed by atoms with Gasteiger partial charge in [-0.3, -0.25) is 4.79 Å². The smallest absolute Gasteiger partial charge is 0.371 e. The monoisotopic (exact) mass is 362 g/mol. The van der Waals surface area contributed by atoms with Gasteiger partial charge < -0.3 is 10.2 Å². The highest BCUT2D eigenvalue weighted by Crippen LogP contribution is 2.29. The first-order valence-corrected chi connectivity index (χ1v) is 8.66. The molecule has 1 N–H and O–H groups in total. The number of nitrogens with zero attached hydrogens (tertiary/aromatic N) is 1. The highest BCUT2D eigenvalue weighted by molar-refractivity contribution is 6.04. The van der Waals surface area contributed by atoms with Crippen LogP contribution in [0, 0.1) is 5.92 Å². The number of benzene rings is 2. The second-order valence-corrected chi connectivity index (χ2v) is 6.77. The largest absolute Gasteiger partial charge is 0.416 e. The second kappa shape index (κ2) is 7.40. The van der Waals surface area contributed by atoms with Crippen molar-refractivity contribution in [3.05, 3.63) is 59.7 Å². The lowest BCUT2D eigenvalue weighted by molar-refractivity contribution is -0.137. The molecule has 138 valence electrons. The summed E-state index contributed by atoms with van der Waals surface area (Å²) >= 11 is 0. The van der Waals surface area contributed by atoms with Crippen molar-refractivity contribution in [1.29, 1.82) is 0 Å². The van der Waals surface area contributed by atoms with E-state index in [9.17, 15) is 18.0 Å². The molecule has 1 aliphatic rings. The molecule has 0 saturated carbocycles. The fourth-order valence-corrected chi connectivity index (χ4v) is 3.19. The SMILES string of the molecule is CC1CCCN(c2ccc(NC(=O)c3ccc(C(F)(F)F)cc3)cc2)C1. The van der Waals surface area contributed by atoms with E-state index in [0.717, 1.165) is 30.9 Å². The Morgan fingerprint density at radius 1 is 1.08 bits per heavy atom. The molecule has 0 bridgehead atoms. The summed E-state index contributed by atoms with van der Waals surface area (Å²) in [5.41, 5.74) is 1.15. The van der Waals surface area contributed by atoms with E-state index in [-0.39, 0.29) is 5.56 Å². The normalized spacial score (nSPS) is 17.8. The minimum absolute atomic E-state index is 0.187. The molecule has 1 saturated heterocycles. The van der Waals surface area contributed by atoms with Crippen LogP contribution < -0.4 is 10.2 Å². The Bertz CT molecular complexity index is 754. The summed E-state index contributed by atoms with van der Waals surface area (Å²) in [6, 6.07) is 11.7. The van der Waals surface area contributed by atoms with Crippen LogP contribution in [-0.2, 0) is 6.18 Å². The lowest BCUT2D eigenvalue weighted by Crippen LogP contribution is -2.34. The Morgan fingerprint density at radius 3 is 2.31 bits per heavy atom. The van der Waals surface area contributed by atoms with Crippen LogP contribution in [0.3, 0.4) is 0 Å². The summed E-state index contributed by atoms with van der Waals surface area (Å²) in [5.74, 6) is 0.237. The van der Waals surface area contributed by atoms with Crippen LogP contribution in [0.25, 0.3) is 0 Å². The highest BCUT2D eigenvalue weighted by atomic mass is 19.4. The number of rotatable bonds is 3. The van der Waals surface area contributed by atoms with E-state index in [4.69, 9.17) is 0 Å². The Kier molecular flexibility index (Phi) is 5.20. The average Bonchev–Trinajstić information content (AvgIpc) is 2.62. The Balaban J connectivity index is 1.64. The number of halogens is 3. The van der Waals surface area contributed by atoms with E-state index >= 15 is 0 Å². The zero-order valence-electron chi connectivity index (χ0n) is 14.5. The van der Waals surface area contributed by atoms with Crippen LogP contribution >= 0.6 is 0 Å². The minimum Gasteiger partial charge on any atom is -0.371 e. The summed E-state index contributed by atoms with van der Waals surface area (Å²) < 4.78 is 37.7. The first kappa shape index (κ1) is 18.3. The summed E-state index contributed by atoms with van der Waals surface area (Å²) in [6.45, 7) is 4.30. The molecule has 1 fully saturated rings. The number of alkyl halides is 3. The molecular weight excluding hydrogens is 341 g/mol. The van der Waals surface area contributed by atoms with Gasteiger partial charge in [0.1, 0.15) is 0 Å². The number of nitrogens with one attached hydrogen (secondary N) is 1. The third kappa shape index (κ3) is 4.36. The third-order valence-electron chi connectivity index (χ3n) is 4.62. The molecule has 1 heterocycles. The zero-order valence-corrected chi connectivity index (χ0v) is 14.5. The molecular formula is C20H21F3N2O. The van der Waals surface area contributed by atoms with Crippen molar-refractivity contribution in [3.63, 3.8) is 0 Å². The summed E-state index contributed by atoms with van der Waals surface area (Å²) in [6.07, 6.45) is -1.98. The molecule has 2 aromatic rings. The molecule has 0 aliphatic carbocycles. The van der Waals surface area contributed by atoms with Crippen LogP contribution in [0.15, 0.2) is 48.5 Å². The lowest BCUT2D eigenvalue weighted by atomic mass is 10.00. The van der Waals surface area contributed by atoms with E-state index in [0.29, 0.717) is 11.6 Å². The molecule has 26 heavy (non-hydrogen) atoms. The van der Waals surface area contributed by atoms with Gasteiger partial charge >= 0.3 is 6.18 Å². The van der Waals surface area contributed by atoms with Gasteiger partial charge in [-0.25, -0.2) is 0 Å². The van der Waals surface area contributed by atoms with Crippen molar-refractivity contribution in [2.24, 2.45) is 5.92 Å². The predicted molar refractivity (Wildman–Crippen MR) is 96.5 cm³/mol. The average molecular weight is 362 g/mol. The minimum atomic E-state index is -4.41. The zero-order chi connectivity index (χ0) is 18.7. The van der Waals surface area contributed by atoms with E-state index in [2.05, 4.69) is 17.1 Å². The summed E-state index contributed by atoms with van der Waals surface area (Å²) in [5, 5.41) is 2.72. The number of hydrogen-bond acceptors (Lipinski definition) is 2. The molecule has 0 aromatic heterocycles. The van der Waals surface area contributed by atoms with Gasteiger partial charge in [-0.15, -0.1) is 0 Å². The topological polar surface area (TPSA) is 32.3 Å². The van der Waals surface area contributed by atoms with Crippen molar-refractivity contribution in [2.45, 2.75) is 25.9 Å². The van der Waals surface area contributed by atoms with E-state index < -0.39 is 17.6 Å². The van der Waals surface area contributed by atoms with E-state index in [1.165, 1.54) is 25.0 Å². The molecule has 0 radical (unpaired) electrons. The molecule has 3 rings (SSSR count). The fourth-order valence-electron chi connectivity index (χ4n) is 3.19. The standard InChI is InChI=1S/C20H21F3N2O/c1-14-3-2-12-25(13-14)18-10-8-17(9-11-18)24-19(26)15-4-6-16(7-5-15)20(21,22)23/h4-11,14H,2-3,12-13H2,1H3,(H,24,26). The maximum Gasteiger partial charge on any atom is 0.416 e. The fraction of sp³-hybridized carbons (Fsp3) is 0.350. The van der Waals surface area contributed by atoms with Gasteiger partial charge in [0.15, 0.2) is 0 Å². The van der Waals surface area contributed by atoms with E-state index in [1.807, 2.05) is 24.3 Å². The second-order valence-electron chi connectivity index (χ2n) is 6.77. The number of carbonyl (C=O) groups is 1. The molecule has 1 amide bonds. The molecule has 1 aliphatic heterocycles. The van der Waals surface area contributed by atoms with Gasteiger partial charge in [0, 0.05) is 30.0 Å². The maximum atomic E-state index is 12.6. The Hall–Kier alpha value is -2.50. The van der Waals surface area contributed by atoms with Crippen molar-refractivity contribution in [3.8, 4) is 0 Å². The quantitative estimate of drug-likeness (QED) is 0.814. The van der Waals surface area contributed by atoms with Gasteiger partial charge in [0.05, 0.1) is 5.56 Å². The number of anilines is 2. The Labute approximate surface area is 150 Å². The van der Waals surface area contributed by atoms with Crippen LogP contribution in [-0.4, -0.2) is 19.0 Å². The lowest BCUT2D eigenvalue weighted by Gasteiger charge is -2.32. The summed E-state index contributed by atoms with van der Waals surface area (Å²) in [4.78, 5) is 14.5. The van der Waals surface area contributed by atoms with Crippen LogP contribution in [0.1, 0.15) is 35.7 Å². The third-order valence-corrected chi connectivity index (χ3v) is 4.62. The molecule has 1 atom stereocenters. The van der Waals surface area contributed by atoms with Gasteiger partial charge in [-0.05, 0) is 67.3 Å². The van der Waals surface area contributed by atoms with Crippen LogP contribution in [0.2, 0.25) is 0 Å². The van der Waals surface area contributed by atoms with Gasteiger partial charge in [-0.1, -0.05) is 6.92 Å². The van der Waals surface area contributed by atoms with E-state index in [1.54, 1.807) is 0 Å². The van der Waals surface area contributed by atoms with Gasteiger partial charge in [0.2, 0.25) is 0 Å². The number of carbonyl (C=O) groups excluding carboxylic acids is 1. The van der Waals surface area contributed by atoms with Gasteiger partial charge in [0.25, 0.3) is 5.91 Å². The van der Waals surface area contributed by atoms with Crippen molar-refractivity contribution in [1.82, 2.24) is 0 Å². The van der Waals surface area contributed by atoms with Crippen LogP contribution in [0.4, 0.5) is 24.5 Å². The number of amides is 1. The van der Waals surface area contributed by atoms with Crippen molar-refractivity contribution >= 4 is 17.3 Å². The molecule has 3 nitrogen and oxygen atoms in total. The first-order valence-electron chi connectivity index (χ1n) is 8.66. The Morgan fingerprint density at radius 2 is 1.73 bits per heavy atom.